The van der Waals surface area contributed by atoms with Gasteiger partial charge in [0.1, 0.15) is 11.4 Å². The first-order chi connectivity index (χ1) is 9.25. The number of nitrogens with one attached hydrogen (secondary N) is 1. The van der Waals surface area contributed by atoms with Gasteiger partial charge in [-0.3, -0.25) is 9.89 Å². The monoisotopic (exact) mass is 256 g/mol. The minimum absolute atomic E-state index is 0.0528. The van der Waals surface area contributed by atoms with E-state index in [1.165, 1.54) is 17.3 Å². The first-order valence-electron chi connectivity index (χ1n) is 6.40. The third kappa shape index (κ3) is 2.19. The summed E-state index contributed by atoms with van der Waals surface area (Å²) in [6.07, 6.45) is 3.48. The predicted octanol–water partition coefficient (Wildman–Crippen LogP) is 1.58. The average Bonchev–Trinajstić information content (AvgIpc) is 2.73. The van der Waals surface area contributed by atoms with Gasteiger partial charge in [-0.05, 0) is 24.0 Å². The lowest BCUT2D eigenvalue weighted by molar-refractivity contribution is 0.0747. The number of carbonyl (C=O) groups excluding carboxylic acids is 1. The topological polar surface area (TPSA) is 75.0 Å². The molecule has 0 atom stereocenters. The van der Waals surface area contributed by atoms with Gasteiger partial charge in [0, 0.05) is 13.1 Å². The number of aromatic amines is 1. The van der Waals surface area contributed by atoms with Crippen molar-refractivity contribution in [1.82, 2.24) is 15.1 Å². The summed E-state index contributed by atoms with van der Waals surface area (Å²) < 4.78 is 0. The third-order valence-electron chi connectivity index (χ3n) is 3.54. The van der Waals surface area contributed by atoms with Crippen molar-refractivity contribution in [2.45, 2.75) is 19.4 Å². The highest BCUT2D eigenvalue weighted by molar-refractivity contribution is 5.98. The molecule has 3 N–H and O–H groups in total. The largest absolute Gasteiger partial charge is 0.383 e. The van der Waals surface area contributed by atoms with E-state index in [1.807, 2.05) is 17.0 Å². The van der Waals surface area contributed by atoms with E-state index in [9.17, 15) is 4.79 Å². The summed E-state index contributed by atoms with van der Waals surface area (Å²) in [6.45, 7) is 1.39. The van der Waals surface area contributed by atoms with Crippen LogP contribution in [0.5, 0.6) is 0 Å². The van der Waals surface area contributed by atoms with Gasteiger partial charge in [-0.25, -0.2) is 0 Å². The van der Waals surface area contributed by atoms with Crippen LogP contribution in [0.3, 0.4) is 0 Å². The normalized spacial score (nSPS) is 14.8. The zero-order chi connectivity index (χ0) is 13.2. The van der Waals surface area contributed by atoms with Gasteiger partial charge in [0.2, 0.25) is 0 Å². The fourth-order valence-corrected chi connectivity index (χ4v) is 2.51. The summed E-state index contributed by atoms with van der Waals surface area (Å²) in [4.78, 5) is 14.3. The number of amides is 1. The molecule has 0 bridgehead atoms. The first-order valence-corrected chi connectivity index (χ1v) is 6.40. The number of fused-ring (bicyclic) bond motifs is 1. The van der Waals surface area contributed by atoms with Gasteiger partial charge in [0.05, 0.1) is 6.20 Å². The van der Waals surface area contributed by atoms with Crippen LogP contribution in [0.25, 0.3) is 0 Å². The Kier molecular flexibility index (Phi) is 2.95. The predicted molar refractivity (Wildman–Crippen MR) is 72.5 cm³/mol. The van der Waals surface area contributed by atoms with Crippen molar-refractivity contribution in [2.24, 2.45) is 0 Å². The van der Waals surface area contributed by atoms with Crippen molar-refractivity contribution in [3.8, 4) is 0 Å². The number of aryl methyl sites for hydroxylation is 1. The Bertz CT molecular complexity index is 605. The summed E-state index contributed by atoms with van der Waals surface area (Å²) in [5.74, 6) is 0.283. The molecule has 98 valence electrons. The molecule has 0 fully saturated rings. The van der Waals surface area contributed by atoms with Crippen LogP contribution >= 0.6 is 0 Å². The highest BCUT2D eigenvalue weighted by Crippen LogP contribution is 2.20. The summed E-state index contributed by atoms with van der Waals surface area (Å²) in [6, 6.07) is 8.28. The van der Waals surface area contributed by atoms with Crippen molar-refractivity contribution < 1.29 is 4.79 Å². The van der Waals surface area contributed by atoms with Gasteiger partial charge in [-0.15, -0.1) is 0 Å². The molecule has 0 saturated carbocycles. The Labute approximate surface area is 111 Å². The van der Waals surface area contributed by atoms with Gasteiger partial charge in [0.15, 0.2) is 0 Å². The molecule has 1 amide bonds. The number of nitrogens with zero attached hydrogens (tertiary/aromatic N) is 2. The minimum Gasteiger partial charge on any atom is -0.383 e. The van der Waals surface area contributed by atoms with E-state index in [4.69, 9.17) is 5.73 Å². The zero-order valence-electron chi connectivity index (χ0n) is 10.6. The third-order valence-corrected chi connectivity index (χ3v) is 3.54. The Morgan fingerprint density at radius 1 is 1.32 bits per heavy atom. The molecule has 1 aromatic carbocycles. The van der Waals surface area contributed by atoms with Crippen molar-refractivity contribution in [3.63, 3.8) is 0 Å². The number of benzene rings is 1. The summed E-state index contributed by atoms with van der Waals surface area (Å²) in [5, 5.41) is 6.41. The van der Waals surface area contributed by atoms with E-state index < -0.39 is 0 Å². The van der Waals surface area contributed by atoms with Crippen LogP contribution < -0.4 is 5.73 Å². The minimum atomic E-state index is -0.0528. The van der Waals surface area contributed by atoms with Crippen LogP contribution in [0, 0.1) is 0 Å². The lowest BCUT2D eigenvalue weighted by atomic mass is 10.0. The smallest absolute Gasteiger partial charge is 0.259 e. The molecule has 19 heavy (non-hydrogen) atoms. The second-order valence-electron chi connectivity index (χ2n) is 4.80. The molecule has 2 heterocycles. The number of hydrogen-bond acceptors (Lipinski definition) is 3. The van der Waals surface area contributed by atoms with Crippen LogP contribution in [0.2, 0.25) is 0 Å². The van der Waals surface area contributed by atoms with Crippen molar-refractivity contribution in [2.75, 3.05) is 12.3 Å². The Hall–Kier alpha value is -2.30. The number of carbonyl (C=O) groups is 1. The van der Waals surface area contributed by atoms with Crippen LogP contribution in [0.15, 0.2) is 30.5 Å². The second-order valence-corrected chi connectivity index (χ2v) is 4.80. The van der Waals surface area contributed by atoms with Crippen molar-refractivity contribution >= 4 is 11.7 Å². The number of nitrogen functional groups attached to an aromatic ring is 1. The molecule has 0 spiro atoms. The lowest BCUT2D eigenvalue weighted by Crippen LogP contribution is -2.30. The number of hydrogen-bond donors (Lipinski definition) is 2. The number of aromatic nitrogens is 2. The van der Waals surface area contributed by atoms with Gasteiger partial charge in [0.25, 0.3) is 5.91 Å². The maximum atomic E-state index is 12.4. The molecule has 0 radical (unpaired) electrons. The molecular formula is C14H16N4O. The molecule has 0 saturated heterocycles. The highest BCUT2D eigenvalue weighted by Gasteiger charge is 2.22. The van der Waals surface area contributed by atoms with E-state index in [1.54, 1.807) is 0 Å². The Balaban J connectivity index is 1.87. The molecule has 5 heteroatoms. The van der Waals surface area contributed by atoms with Gasteiger partial charge >= 0.3 is 0 Å². The molecule has 5 nitrogen and oxygen atoms in total. The quantitative estimate of drug-likeness (QED) is 0.813. The second kappa shape index (κ2) is 4.76. The Morgan fingerprint density at radius 3 is 2.84 bits per heavy atom. The fourth-order valence-electron chi connectivity index (χ4n) is 2.51. The molecule has 0 aliphatic carbocycles. The van der Waals surface area contributed by atoms with E-state index in [-0.39, 0.29) is 5.91 Å². The van der Waals surface area contributed by atoms with E-state index in [0.29, 0.717) is 17.9 Å². The molecule has 1 aliphatic heterocycles. The van der Waals surface area contributed by atoms with Crippen LogP contribution in [0.1, 0.15) is 27.9 Å². The molecule has 1 aliphatic rings. The summed E-state index contributed by atoms with van der Waals surface area (Å²) in [7, 11) is 0. The SMILES string of the molecule is Nc1[nH]ncc1C(=O)N1CCCc2ccccc2C1. The summed E-state index contributed by atoms with van der Waals surface area (Å²) in [5.41, 5.74) is 8.72. The number of rotatable bonds is 1. The van der Waals surface area contributed by atoms with E-state index >= 15 is 0 Å². The number of anilines is 1. The number of nitrogens with two attached hydrogens (primary N) is 1. The molecule has 3 rings (SSSR count). The standard InChI is InChI=1S/C14H16N4O/c15-13-12(8-16-17-13)14(19)18-7-3-6-10-4-1-2-5-11(10)9-18/h1-2,4-5,8H,3,6-7,9H2,(H3,15,16,17). The molecule has 0 unspecified atom stereocenters. The van der Waals surface area contributed by atoms with Crippen molar-refractivity contribution in [3.05, 3.63) is 47.2 Å². The first kappa shape index (κ1) is 11.8. The van der Waals surface area contributed by atoms with E-state index in [2.05, 4.69) is 22.3 Å². The molecule has 1 aromatic heterocycles. The zero-order valence-corrected chi connectivity index (χ0v) is 10.6. The van der Waals surface area contributed by atoms with Gasteiger partial charge in [-0.2, -0.15) is 5.10 Å². The maximum absolute atomic E-state index is 12.4. The Morgan fingerprint density at radius 2 is 2.11 bits per heavy atom. The van der Waals surface area contributed by atoms with Crippen LogP contribution in [-0.2, 0) is 13.0 Å². The van der Waals surface area contributed by atoms with Crippen molar-refractivity contribution in [1.29, 1.82) is 0 Å². The maximum Gasteiger partial charge on any atom is 0.259 e. The molecular weight excluding hydrogens is 240 g/mol. The highest BCUT2D eigenvalue weighted by atomic mass is 16.2. The van der Waals surface area contributed by atoms with Crippen LogP contribution in [0.4, 0.5) is 5.82 Å². The fraction of sp³-hybridized carbons (Fsp3) is 0.286. The van der Waals surface area contributed by atoms with Gasteiger partial charge < -0.3 is 10.6 Å². The van der Waals surface area contributed by atoms with Crippen LogP contribution in [-0.4, -0.2) is 27.5 Å². The van der Waals surface area contributed by atoms with Gasteiger partial charge in [-0.1, -0.05) is 24.3 Å². The average molecular weight is 256 g/mol. The van der Waals surface area contributed by atoms with E-state index in [0.717, 1.165) is 19.4 Å². The lowest BCUT2D eigenvalue weighted by Gasteiger charge is -2.20. The summed E-state index contributed by atoms with van der Waals surface area (Å²) >= 11 is 0. The number of H-pyrrole nitrogens is 1. The molecule has 2 aromatic rings.